The second kappa shape index (κ2) is 9.00. The Morgan fingerprint density at radius 2 is 1.97 bits per heavy atom. The molecule has 1 atom stereocenters. The van der Waals surface area contributed by atoms with Gasteiger partial charge >= 0.3 is 0 Å². The highest BCUT2D eigenvalue weighted by Gasteiger charge is 2.27. The third-order valence-electron chi connectivity index (χ3n) is 5.21. The highest BCUT2D eigenvalue weighted by atomic mass is 32.1. The molecular formula is C24H23N3O4S. The molecule has 5 rings (SSSR count). The number of unbranched alkanes of at least 4 members (excludes halogenated alkanes) is 2. The van der Waals surface area contributed by atoms with E-state index < -0.39 is 6.10 Å². The minimum Gasteiger partial charge on any atom is -0.493 e. The van der Waals surface area contributed by atoms with Gasteiger partial charge in [0.2, 0.25) is 4.96 Å². The molecular weight excluding hydrogens is 426 g/mol. The lowest BCUT2D eigenvalue weighted by Gasteiger charge is -2.24. The van der Waals surface area contributed by atoms with E-state index in [0.29, 0.717) is 40.0 Å². The molecule has 8 heteroatoms. The van der Waals surface area contributed by atoms with Gasteiger partial charge < -0.3 is 14.2 Å². The predicted molar refractivity (Wildman–Crippen MR) is 123 cm³/mol. The van der Waals surface area contributed by atoms with Crippen molar-refractivity contribution in [1.82, 2.24) is 14.6 Å². The molecule has 0 aliphatic carbocycles. The van der Waals surface area contributed by atoms with Crippen molar-refractivity contribution in [1.29, 1.82) is 0 Å². The first-order valence-electron chi connectivity index (χ1n) is 10.7. The van der Waals surface area contributed by atoms with E-state index in [0.717, 1.165) is 30.6 Å². The van der Waals surface area contributed by atoms with E-state index in [1.165, 1.54) is 15.9 Å². The van der Waals surface area contributed by atoms with Gasteiger partial charge in [-0.05, 0) is 30.7 Å². The van der Waals surface area contributed by atoms with Gasteiger partial charge in [-0.25, -0.2) is 0 Å². The first-order valence-corrected chi connectivity index (χ1v) is 11.6. The molecule has 0 saturated carbocycles. The topological polar surface area (TPSA) is 74.9 Å². The van der Waals surface area contributed by atoms with Crippen molar-refractivity contribution in [2.75, 3.05) is 13.2 Å². The number of fused-ring (bicyclic) bond motifs is 2. The Balaban J connectivity index is 1.41. The molecule has 1 aliphatic rings. The summed E-state index contributed by atoms with van der Waals surface area (Å²) in [7, 11) is 0. The maximum atomic E-state index is 13.0. The van der Waals surface area contributed by atoms with Crippen molar-refractivity contribution >= 4 is 22.4 Å². The number of benzene rings is 2. The van der Waals surface area contributed by atoms with Gasteiger partial charge in [-0.15, -0.1) is 5.10 Å². The molecule has 0 spiro atoms. The molecule has 1 aliphatic heterocycles. The van der Waals surface area contributed by atoms with Crippen LogP contribution in [0.25, 0.3) is 11.0 Å². The minimum atomic E-state index is -0.457. The first kappa shape index (κ1) is 20.5. The average Bonchev–Trinajstić information content (AvgIpc) is 3.37. The Hall–Kier alpha value is -3.39. The van der Waals surface area contributed by atoms with Crippen LogP contribution in [-0.2, 0) is 0 Å². The van der Waals surface area contributed by atoms with Crippen LogP contribution in [0, 0.1) is 0 Å². The second-order valence-electron chi connectivity index (χ2n) is 7.54. The van der Waals surface area contributed by atoms with Crippen molar-refractivity contribution in [3.8, 4) is 17.2 Å². The normalized spacial score (nSPS) is 15.9. The van der Waals surface area contributed by atoms with Crippen molar-refractivity contribution < 1.29 is 14.2 Å². The Kier molecular flexibility index (Phi) is 5.77. The van der Waals surface area contributed by atoms with Crippen LogP contribution in [0.1, 0.15) is 43.7 Å². The lowest BCUT2D eigenvalue weighted by molar-refractivity contribution is 0.0852. The molecule has 3 heterocycles. The number of ether oxygens (including phenoxy) is 3. The zero-order valence-electron chi connectivity index (χ0n) is 17.7. The zero-order valence-corrected chi connectivity index (χ0v) is 18.5. The standard InChI is InChI=1S/C24H23N3O4S/c1-2-3-8-13-29-17-10-5-4-9-16(17)14-21-23(28)27-24(32-21)25-22(26-27)20-15-30-18-11-6-7-12-19(18)31-20/h4-7,9-12,14,20H,2-3,8,13,15H2,1H3/b21-14+/t20-/m0/s1. The van der Waals surface area contributed by atoms with Crippen LogP contribution in [0.2, 0.25) is 0 Å². The van der Waals surface area contributed by atoms with Gasteiger partial charge in [0.05, 0.1) is 11.1 Å². The fourth-order valence-electron chi connectivity index (χ4n) is 3.54. The summed E-state index contributed by atoms with van der Waals surface area (Å²) in [6.07, 6.45) is 4.67. The molecule has 2 aromatic carbocycles. The summed E-state index contributed by atoms with van der Waals surface area (Å²) < 4.78 is 19.5. The highest BCUT2D eigenvalue weighted by Crippen LogP contribution is 2.35. The Bertz CT molecular complexity index is 1350. The summed E-state index contributed by atoms with van der Waals surface area (Å²) in [5, 5.41) is 4.41. The summed E-state index contributed by atoms with van der Waals surface area (Å²) >= 11 is 1.30. The molecule has 7 nitrogen and oxygen atoms in total. The summed E-state index contributed by atoms with van der Waals surface area (Å²) in [4.78, 5) is 18.0. The SMILES string of the molecule is CCCCCOc1ccccc1/C=c1/sc2nc([C@@H]3COc4ccccc4O3)nn2c1=O. The van der Waals surface area contributed by atoms with Crippen molar-refractivity contribution in [2.45, 2.75) is 32.3 Å². The second-order valence-corrected chi connectivity index (χ2v) is 8.55. The van der Waals surface area contributed by atoms with E-state index in [1.807, 2.05) is 54.6 Å². The van der Waals surface area contributed by atoms with Crippen LogP contribution in [-0.4, -0.2) is 27.8 Å². The van der Waals surface area contributed by atoms with Crippen LogP contribution in [0.15, 0.2) is 53.3 Å². The lowest BCUT2D eigenvalue weighted by atomic mass is 10.2. The summed E-state index contributed by atoms with van der Waals surface area (Å²) in [6, 6.07) is 15.2. The number of aromatic nitrogens is 3. The van der Waals surface area contributed by atoms with E-state index in [9.17, 15) is 4.79 Å². The van der Waals surface area contributed by atoms with Gasteiger partial charge in [-0.1, -0.05) is 61.4 Å². The summed E-state index contributed by atoms with van der Waals surface area (Å²) in [6.45, 7) is 3.12. The van der Waals surface area contributed by atoms with E-state index in [4.69, 9.17) is 14.2 Å². The number of hydrogen-bond acceptors (Lipinski definition) is 7. The number of hydrogen-bond donors (Lipinski definition) is 0. The van der Waals surface area contributed by atoms with Crippen LogP contribution in [0.3, 0.4) is 0 Å². The molecule has 4 aromatic rings. The lowest BCUT2D eigenvalue weighted by Crippen LogP contribution is -2.26. The van der Waals surface area contributed by atoms with Crippen LogP contribution in [0.5, 0.6) is 17.2 Å². The molecule has 0 N–H and O–H groups in total. The highest BCUT2D eigenvalue weighted by molar-refractivity contribution is 7.15. The van der Waals surface area contributed by atoms with E-state index in [-0.39, 0.29) is 5.56 Å². The zero-order chi connectivity index (χ0) is 21.9. The van der Waals surface area contributed by atoms with Gasteiger partial charge in [0.1, 0.15) is 12.4 Å². The smallest absolute Gasteiger partial charge is 0.291 e. The fraction of sp³-hybridized carbons (Fsp3) is 0.292. The molecule has 0 amide bonds. The van der Waals surface area contributed by atoms with Crippen molar-refractivity contribution in [2.24, 2.45) is 0 Å². The number of para-hydroxylation sites is 3. The molecule has 0 radical (unpaired) electrons. The number of thiazole rings is 1. The third kappa shape index (κ3) is 4.05. The molecule has 0 saturated heterocycles. The molecule has 0 fully saturated rings. The minimum absolute atomic E-state index is 0.207. The van der Waals surface area contributed by atoms with E-state index in [2.05, 4.69) is 17.0 Å². The molecule has 2 aromatic heterocycles. The maximum absolute atomic E-state index is 13.0. The van der Waals surface area contributed by atoms with E-state index in [1.54, 1.807) is 0 Å². The fourth-order valence-corrected chi connectivity index (χ4v) is 4.44. The first-order chi connectivity index (χ1) is 15.7. The van der Waals surface area contributed by atoms with Crippen LogP contribution in [0.4, 0.5) is 0 Å². The molecule has 32 heavy (non-hydrogen) atoms. The average molecular weight is 450 g/mol. The third-order valence-corrected chi connectivity index (χ3v) is 6.17. The Morgan fingerprint density at radius 1 is 1.16 bits per heavy atom. The quantitative estimate of drug-likeness (QED) is 0.400. The van der Waals surface area contributed by atoms with Crippen molar-refractivity contribution in [3.63, 3.8) is 0 Å². The predicted octanol–water partition coefficient (Wildman–Crippen LogP) is 3.78. The monoisotopic (exact) mass is 449 g/mol. The Labute approximate surface area is 188 Å². The molecule has 0 bridgehead atoms. The van der Waals surface area contributed by atoms with Gasteiger partial charge in [-0.2, -0.15) is 9.50 Å². The maximum Gasteiger partial charge on any atom is 0.291 e. The summed E-state index contributed by atoms with van der Waals surface area (Å²) in [5.41, 5.74) is 0.660. The van der Waals surface area contributed by atoms with Crippen LogP contribution >= 0.6 is 11.3 Å². The summed E-state index contributed by atoms with van der Waals surface area (Å²) in [5.74, 6) is 2.55. The van der Waals surface area contributed by atoms with Gasteiger partial charge in [0.25, 0.3) is 5.56 Å². The number of nitrogens with zero attached hydrogens (tertiary/aromatic N) is 3. The number of rotatable bonds is 7. The van der Waals surface area contributed by atoms with Crippen molar-refractivity contribution in [3.05, 3.63) is 74.8 Å². The molecule has 0 unspecified atom stereocenters. The van der Waals surface area contributed by atoms with Gasteiger partial charge in [0.15, 0.2) is 23.4 Å². The van der Waals surface area contributed by atoms with E-state index >= 15 is 0 Å². The van der Waals surface area contributed by atoms with Gasteiger partial charge in [0, 0.05) is 5.56 Å². The van der Waals surface area contributed by atoms with Crippen LogP contribution < -0.4 is 24.3 Å². The largest absolute Gasteiger partial charge is 0.493 e. The Morgan fingerprint density at radius 3 is 2.81 bits per heavy atom. The van der Waals surface area contributed by atoms with Gasteiger partial charge in [-0.3, -0.25) is 4.79 Å². The molecule has 164 valence electrons.